The molecule has 4 rings (SSSR count). The Morgan fingerprint density at radius 2 is 1.56 bits per heavy atom. The first kappa shape index (κ1) is 17.6. The number of aromatic nitrogens is 2. The van der Waals surface area contributed by atoms with Crippen LogP contribution in [-0.4, -0.2) is 57.8 Å². The first-order chi connectivity index (χ1) is 13.2. The summed E-state index contributed by atoms with van der Waals surface area (Å²) < 4.78 is 0. The summed E-state index contributed by atoms with van der Waals surface area (Å²) in [6.07, 6.45) is 9.96. The summed E-state index contributed by atoms with van der Waals surface area (Å²) in [5, 5.41) is 0. The van der Waals surface area contributed by atoms with Crippen molar-refractivity contribution in [1.82, 2.24) is 19.8 Å². The van der Waals surface area contributed by atoms with Crippen LogP contribution in [-0.2, 0) is 12.8 Å². The Hall–Kier alpha value is -2.76. The van der Waals surface area contributed by atoms with Crippen LogP contribution >= 0.6 is 0 Å². The van der Waals surface area contributed by atoms with Crippen LogP contribution in [0.1, 0.15) is 51.2 Å². The molecule has 2 aliphatic rings. The van der Waals surface area contributed by atoms with Gasteiger partial charge < -0.3 is 9.80 Å². The quantitative estimate of drug-likeness (QED) is 0.820. The first-order valence-corrected chi connectivity index (χ1v) is 9.69. The predicted octanol–water partition coefficient (Wildman–Crippen LogP) is 2.34. The van der Waals surface area contributed by atoms with Crippen molar-refractivity contribution in [3.8, 4) is 0 Å². The molecule has 1 aromatic heterocycles. The van der Waals surface area contributed by atoms with E-state index >= 15 is 0 Å². The highest BCUT2D eigenvalue weighted by Crippen LogP contribution is 2.23. The minimum Gasteiger partial charge on any atom is -0.337 e. The van der Waals surface area contributed by atoms with Crippen molar-refractivity contribution in [2.24, 2.45) is 0 Å². The molecule has 2 heterocycles. The molecule has 0 saturated carbocycles. The van der Waals surface area contributed by atoms with Gasteiger partial charge in [-0.25, -0.2) is 4.98 Å². The van der Waals surface area contributed by atoms with Crippen LogP contribution in [0.3, 0.4) is 0 Å². The third-order valence-corrected chi connectivity index (χ3v) is 5.45. The molecule has 0 bridgehead atoms. The number of carbonyl (C=O) groups excluding carboxylic acids is 2. The number of aryl methyl sites for hydroxylation is 2. The summed E-state index contributed by atoms with van der Waals surface area (Å²) in [5.41, 5.74) is 3.83. The Kier molecular flexibility index (Phi) is 5.14. The van der Waals surface area contributed by atoms with E-state index in [0.29, 0.717) is 31.9 Å². The molecule has 0 radical (unpaired) electrons. The van der Waals surface area contributed by atoms with Gasteiger partial charge in [-0.05, 0) is 55.4 Å². The molecule has 0 atom stereocenters. The maximum Gasteiger partial charge on any atom is 0.274 e. The van der Waals surface area contributed by atoms with E-state index in [1.165, 1.54) is 36.4 Å². The molecule has 1 saturated heterocycles. The van der Waals surface area contributed by atoms with Gasteiger partial charge in [-0.2, -0.15) is 0 Å². The highest BCUT2D eigenvalue weighted by atomic mass is 16.2. The van der Waals surface area contributed by atoms with Crippen LogP contribution in [0.15, 0.2) is 36.8 Å². The van der Waals surface area contributed by atoms with E-state index in [-0.39, 0.29) is 11.8 Å². The average molecular weight is 364 g/mol. The number of amides is 2. The highest BCUT2D eigenvalue weighted by Gasteiger charge is 2.24. The van der Waals surface area contributed by atoms with E-state index < -0.39 is 0 Å². The van der Waals surface area contributed by atoms with Gasteiger partial charge in [0, 0.05) is 44.1 Å². The van der Waals surface area contributed by atoms with Gasteiger partial charge in [0.1, 0.15) is 5.69 Å². The van der Waals surface area contributed by atoms with Gasteiger partial charge in [-0.1, -0.05) is 6.07 Å². The second-order valence-corrected chi connectivity index (χ2v) is 7.22. The normalized spacial score (nSPS) is 17.2. The van der Waals surface area contributed by atoms with E-state index in [9.17, 15) is 9.59 Å². The van der Waals surface area contributed by atoms with Gasteiger partial charge in [0.05, 0.1) is 6.20 Å². The standard InChI is InChI=1S/C21H24N4O2/c26-20(18-7-6-16-4-1-2-5-17(16)14-18)24-10-3-11-25(13-12-24)21(27)19-15-22-8-9-23-19/h6-9,14-15H,1-5,10-13H2. The molecular weight excluding hydrogens is 340 g/mol. The lowest BCUT2D eigenvalue weighted by Crippen LogP contribution is -2.37. The van der Waals surface area contributed by atoms with Gasteiger partial charge in [0.15, 0.2) is 0 Å². The second kappa shape index (κ2) is 7.86. The van der Waals surface area contributed by atoms with Crippen molar-refractivity contribution in [1.29, 1.82) is 0 Å². The third kappa shape index (κ3) is 3.84. The van der Waals surface area contributed by atoms with Crippen molar-refractivity contribution in [3.63, 3.8) is 0 Å². The van der Waals surface area contributed by atoms with Crippen LogP contribution in [0.25, 0.3) is 0 Å². The zero-order valence-electron chi connectivity index (χ0n) is 15.4. The lowest BCUT2D eigenvalue weighted by molar-refractivity contribution is 0.0715. The Balaban J connectivity index is 1.43. The molecule has 140 valence electrons. The zero-order valence-corrected chi connectivity index (χ0v) is 15.4. The topological polar surface area (TPSA) is 66.4 Å². The molecule has 1 aliphatic carbocycles. The van der Waals surface area contributed by atoms with Gasteiger partial charge in [0.2, 0.25) is 0 Å². The molecule has 1 fully saturated rings. The Bertz CT molecular complexity index is 837. The first-order valence-electron chi connectivity index (χ1n) is 9.69. The number of rotatable bonds is 2. The van der Waals surface area contributed by atoms with Crippen LogP contribution in [0.5, 0.6) is 0 Å². The van der Waals surface area contributed by atoms with Crippen LogP contribution in [0.2, 0.25) is 0 Å². The maximum absolute atomic E-state index is 13.0. The van der Waals surface area contributed by atoms with Crippen molar-refractivity contribution < 1.29 is 9.59 Å². The van der Waals surface area contributed by atoms with E-state index in [0.717, 1.165) is 24.8 Å². The number of hydrogen-bond donors (Lipinski definition) is 0. The van der Waals surface area contributed by atoms with Crippen LogP contribution in [0, 0.1) is 0 Å². The van der Waals surface area contributed by atoms with Crippen molar-refractivity contribution in [3.05, 3.63) is 59.2 Å². The summed E-state index contributed by atoms with van der Waals surface area (Å²) in [7, 11) is 0. The molecule has 0 unspecified atom stereocenters. The van der Waals surface area contributed by atoms with Crippen molar-refractivity contribution >= 4 is 11.8 Å². The minimum absolute atomic E-state index is 0.0668. The van der Waals surface area contributed by atoms with E-state index in [1.807, 2.05) is 11.0 Å². The number of carbonyl (C=O) groups is 2. The molecule has 6 heteroatoms. The van der Waals surface area contributed by atoms with Crippen molar-refractivity contribution in [2.45, 2.75) is 32.1 Å². The fraction of sp³-hybridized carbons (Fsp3) is 0.429. The zero-order chi connectivity index (χ0) is 18.6. The van der Waals surface area contributed by atoms with E-state index in [1.54, 1.807) is 11.1 Å². The fourth-order valence-electron chi connectivity index (χ4n) is 3.94. The fourth-order valence-corrected chi connectivity index (χ4v) is 3.94. The Labute approximate surface area is 159 Å². The number of benzene rings is 1. The van der Waals surface area contributed by atoms with Crippen LogP contribution < -0.4 is 0 Å². The third-order valence-electron chi connectivity index (χ3n) is 5.45. The maximum atomic E-state index is 13.0. The molecule has 27 heavy (non-hydrogen) atoms. The monoisotopic (exact) mass is 364 g/mol. The Morgan fingerprint density at radius 1 is 0.815 bits per heavy atom. The minimum atomic E-state index is -0.119. The lowest BCUT2D eigenvalue weighted by Gasteiger charge is -2.23. The molecule has 1 aliphatic heterocycles. The predicted molar refractivity (Wildman–Crippen MR) is 102 cm³/mol. The average Bonchev–Trinajstić information content (AvgIpc) is 2.99. The van der Waals surface area contributed by atoms with Crippen LogP contribution in [0.4, 0.5) is 0 Å². The molecule has 0 spiro atoms. The van der Waals surface area contributed by atoms with E-state index in [4.69, 9.17) is 0 Å². The SMILES string of the molecule is O=C(c1ccc2c(c1)CCCC2)N1CCCN(C(=O)c2cnccn2)CC1. The number of fused-ring (bicyclic) bond motifs is 1. The summed E-state index contributed by atoms with van der Waals surface area (Å²) >= 11 is 0. The Morgan fingerprint density at radius 3 is 2.30 bits per heavy atom. The van der Waals surface area contributed by atoms with Gasteiger partial charge >= 0.3 is 0 Å². The molecular formula is C21H24N4O2. The van der Waals surface area contributed by atoms with E-state index in [2.05, 4.69) is 22.1 Å². The molecule has 2 aromatic rings. The smallest absolute Gasteiger partial charge is 0.274 e. The van der Waals surface area contributed by atoms with Gasteiger partial charge in [-0.3, -0.25) is 14.6 Å². The molecule has 6 nitrogen and oxygen atoms in total. The van der Waals surface area contributed by atoms with Gasteiger partial charge in [0.25, 0.3) is 11.8 Å². The van der Waals surface area contributed by atoms with Crippen molar-refractivity contribution in [2.75, 3.05) is 26.2 Å². The molecule has 0 N–H and O–H groups in total. The lowest BCUT2D eigenvalue weighted by atomic mass is 9.90. The highest BCUT2D eigenvalue weighted by molar-refractivity contribution is 5.95. The summed E-state index contributed by atoms with van der Waals surface area (Å²) in [6, 6.07) is 6.15. The number of hydrogen-bond acceptors (Lipinski definition) is 4. The summed E-state index contributed by atoms with van der Waals surface area (Å²) in [5.74, 6) is -0.0524. The summed E-state index contributed by atoms with van der Waals surface area (Å²) in [4.78, 5) is 37.3. The molecule has 2 amide bonds. The van der Waals surface area contributed by atoms with Gasteiger partial charge in [-0.15, -0.1) is 0 Å². The summed E-state index contributed by atoms with van der Waals surface area (Å²) in [6.45, 7) is 2.36. The molecule has 1 aromatic carbocycles. The second-order valence-electron chi connectivity index (χ2n) is 7.22. The largest absolute Gasteiger partial charge is 0.337 e. The number of nitrogens with zero attached hydrogens (tertiary/aromatic N) is 4.